The highest BCUT2D eigenvalue weighted by atomic mass is 16.2. The number of quaternary nitrogens is 1. The highest BCUT2D eigenvalue weighted by Gasteiger charge is 2.24. The van der Waals surface area contributed by atoms with E-state index in [0.717, 1.165) is 43.0 Å². The molecule has 1 fully saturated rings. The molecule has 120 valence electrons. The van der Waals surface area contributed by atoms with Crippen molar-refractivity contribution >= 4 is 17.5 Å². The van der Waals surface area contributed by atoms with Crippen LogP contribution in [0.3, 0.4) is 0 Å². The van der Waals surface area contributed by atoms with Crippen LogP contribution in [0.4, 0.5) is 5.69 Å². The second-order valence-electron chi connectivity index (χ2n) is 5.98. The normalized spacial score (nSPS) is 15.7. The van der Waals surface area contributed by atoms with E-state index in [4.69, 9.17) is 0 Å². The van der Waals surface area contributed by atoms with E-state index in [2.05, 4.69) is 5.32 Å². The van der Waals surface area contributed by atoms with Crippen LogP contribution in [-0.2, 0) is 9.59 Å². The summed E-state index contributed by atoms with van der Waals surface area (Å²) in [7, 11) is 0. The summed E-state index contributed by atoms with van der Waals surface area (Å²) in [5.74, 6) is 0.252. The van der Waals surface area contributed by atoms with Crippen molar-refractivity contribution in [2.45, 2.75) is 27.2 Å². The first-order valence-electron chi connectivity index (χ1n) is 7.98. The smallest absolute Gasteiger partial charge is 0.279 e. The van der Waals surface area contributed by atoms with Crippen molar-refractivity contribution in [3.63, 3.8) is 0 Å². The molecule has 0 saturated carbocycles. The second kappa shape index (κ2) is 7.40. The van der Waals surface area contributed by atoms with E-state index in [0.29, 0.717) is 13.0 Å². The number of para-hydroxylation sites is 1. The van der Waals surface area contributed by atoms with Crippen molar-refractivity contribution in [1.29, 1.82) is 0 Å². The number of piperazine rings is 1. The van der Waals surface area contributed by atoms with Gasteiger partial charge in [0.15, 0.2) is 6.54 Å². The fourth-order valence-electron chi connectivity index (χ4n) is 2.90. The van der Waals surface area contributed by atoms with Crippen LogP contribution < -0.4 is 10.2 Å². The summed E-state index contributed by atoms with van der Waals surface area (Å²) in [5, 5.41) is 3.03. The molecular weight excluding hydrogens is 278 g/mol. The molecule has 1 aromatic rings. The van der Waals surface area contributed by atoms with Gasteiger partial charge in [0.05, 0.1) is 26.2 Å². The van der Waals surface area contributed by atoms with Gasteiger partial charge in [-0.1, -0.05) is 25.1 Å². The molecule has 1 saturated heterocycles. The number of benzene rings is 1. The largest absolute Gasteiger partial charge is 0.331 e. The summed E-state index contributed by atoms with van der Waals surface area (Å²) in [5.41, 5.74) is 3.09. The van der Waals surface area contributed by atoms with Crippen LogP contribution in [0.2, 0.25) is 0 Å². The zero-order valence-corrected chi connectivity index (χ0v) is 13.7. The number of rotatable bonds is 4. The number of anilines is 1. The fraction of sp³-hybridized carbons (Fsp3) is 0.529. The molecule has 0 aliphatic carbocycles. The zero-order valence-electron chi connectivity index (χ0n) is 13.7. The van der Waals surface area contributed by atoms with Gasteiger partial charge in [0.1, 0.15) is 0 Å². The van der Waals surface area contributed by atoms with E-state index in [9.17, 15) is 9.59 Å². The number of nitrogens with one attached hydrogen (secondary N) is 2. The Hall–Kier alpha value is -1.88. The van der Waals surface area contributed by atoms with Gasteiger partial charge in [-0.3, -0.25) is 9.59 Å². The Morgan fingerprint density at radius 1 is 1.18 bits per heavy atom. The molecule has 1 aliphatic heterocycles. The number of nitrogens with zero attached hydrogens (tertiary/aromatic N) is 1. The molecule has 2 N–H and O–H groups in total. The maximum atomic E-state index is 12.2. The molecule has 0 radical (unpaired) electrons. The minimum absolute atomic E-state index is 0.0441. The molecule has 0 unspecified atom stereocenters. The lowest BCUT2D eigenvalue weighted by Crippen LogP contribution is -3.15. The van der Waals surface area contributed by atoms with E-state index in [1.807, 2.05) is 43.9 Å². The maximum absolute atomic E-state index is 12.2. The average molecular weight is 304 g/mol. The van der Waals surface area contributed by atoms with Crippen LogP contribution in [0.5, 0.6) is 0 Å². The minimum atomic E-state index is 0.0441. The number of hydrogen-bond acceptors (Lipinski definition) is 2. The van der Waals surface area contributed by atoms with Gasteiger partial charge in [-0.25, -0.2) is 0 Å². The van der Waals surface area contributed by atoms with Gasteiger partial charge in [0.2, 0.25) is 5.91 Å². The summed E-state index contributed by atoms with van der Waals surface area (Å²) in [6, 6.07) is 6.00. The summed E-state index contributed by atoms with van der Waals surface area (Å²) in [6.07, 6.45) is 0.558. The van der Waals surface area contributed by atoms with Gasteiger partial charge in [0, 0.05) is 12.1 Å². The topological polar surface area (TPSA) is 53.9 Å². The monoisotopic (exact) mass is 304 g/mol. The quantitative estimate of drug-likeness (QED) is 0.845. The van der Waals surface area contributed by atoms with Crippen LogP contribution in [0.15, 0.2) is 18.2 Å². The lowest BCUT2D eigenvalue weighted by Gasteiger charge is -2.31. The molecule has 5 heteroatoms. The van der Waals surface area contributed by atoms with Gasteiger partial charge in [0.25, 0.3) is 5.91 Å². The van der Waals surface area contributed by atoms with Crippen LogP contribution >= 0.6 is 0 Å². The van der Waals surface area contributed by atoms with Crippen molar-refractivity contribution in [2.75, 3.05) is 38.0 Å². The Bertz CT molecular complexity index is 529. The fourth-order valence-corrected chi connectivity index (χ4v) is 2.90. The molecule has 1 aromatic carbocycles. The number of hydrogen-bond donors (Lipinski definition) is 2. The summed E-state index contributed by atoms with van der Waals surface area (Å²) in [4.78, 5) is 27.0. The van der Waals surface area contributed by atoms with Gasteiger partial charge in [-0.05, 0) is 25.0 Å². The van der Waals surface area contributed by atoms with Crippen LogP contribution in [0.25, 0.3) is 0 Å². The standard InChI is InChI=1S/C17H25N3O2/c1-4-16(22)20-10-8-19(9-11-20)12-15(21)18-17-13(2)6-5-7-14(17)3/h5-7H,4,8-12H2,1-3H3,(H,18,21)/p+1. The maximum Gasteiger partial charge on any atom is 0.279 e. The average Bonchev–Trinajstić information content (AvgIpc) is 2.51. The highest BCUT2D eigenvalue weighted by Crippen LogP contribution is 2.18. The third-order valence-electron chi connectivity index (χ3n) is 4.28. The predicted molar refractivity (Wildman–Crippen MR) is 87.0 cm³/mol. The summed E-state index contributed by atoms with van der Waals surface area (Å²) in [6.45, 7) is 9.53. The van der Waals surface area contributed by atoms with Gasteiger partial charge < -0.3 is 15.1 Å². The van der Waals surface area contributed by atoms with Crippen molar-refractivity contribution in [2.24, 2.45) is 0 Å². The first kappa shape index (κ1) is 16.5. The van der Waals surface area contributed by atoms with E-state index in [1.165, 1.54) is 4.90 Å². The molecule has 1 aliphatic rings. The first-order valence-corrected chi connectivity index (χ1v) is 7.98. The van der Waals surface area contributed by atoms with E-state index >= 15 is 0 Å². The van der Waals surface area contributed by atoms with Crippen molar-refractivity contribution in [1.82, 2.24) is 4.90 Å². The SMILES string of the molecule is CCC(=O)N1CC[NH+](CC(=O)Nc2c(C)cccc2C)CC1. The Labute approximate surface area is 132 Å². The second-order valence-corrected chi connectivity index (χ2v) is 5.98. The van der Waals surface area contributed by atoms with E-state index < -0.39 is 0 Å². The Morgan fingerprint density at radius 3 is 2.32 bits per heavy atom. The van der Waals surface area contributed by atoms with E-state index in [-0.39, 0.29) is 11.8 Å². The molecule has 0 aromatic heterocycles. The Balaban J connectivity index is 1.85. The lowest BCUT2D eigenvalue weighted by atomic mass is 10.1. The molecule has 1 heterocycles. The Kier molecular flexibility index (Phi) is 5.55. The van der Waals surface area contributed by atoms with Gasteiger partial charge >= 0.3 is 0 Å². The number of carbonyl (C=O) groups excluding carboxylic acids is 2. The summed E-state index contributed by atoms with van der Waals surface area (Å²) >= 11 is 0. The molecule has 0 bridgehead atoms. The highest BCUT2D eigenvalue weighted by molar-refractivity contribution is 5.93. The molecule has 0 spiro atoms. The van der Waals surface area contributed by atoms with Gasteiger partial charge in [-0.15, -0.1) is 0 Å². The predicted octanol–water partition coefficient (Wildman–Crippen LogP) is 0.379. The third kappa shape index (κ3) is 4.07. The van der Waals surface area contributed by atoms with Crippen molar-refractivity contribution in [3.05, 3.63) is 29.3 Å². The number of carbonyl (C=O) groups is 2. The van der Waals surface area contributed by atoms with Crippen molar-refractivity contribution in [3.8, 4) is 0 Å². The number of aryl methyl sites for hydroxylation is 2. The molecule has 2 amide bonds. The number of amides is 2. The van der Waals surface area contributed by atoms with Crippen LogP contribution in [0, 0.1) is 13.8 Å². The third-order valence-corrected chi connectivity index (χ3v) is 4.28. The zero-order chi connectivity index (χ0) is 16.1. The van der Waals surface area contributed by atoms with E-state index in [1.54, 1.807) is 0 Å². The van der Waals surface area contributed by atoms with Gasteiger partial charge in [-0.2, -0.15) is 0 Å². The van der Waals surface area contributed by atoms with Crippen LogP contribution in [0.1, 0.15) is 24.5 Å². The Morgan fingerprint density at radius 2 is 1.77 bits per heavy atom. The molecule has 5 nitrogen and oxygen atoms in total. The lowest BCUT2D eigenvalue weighted by molar-refractivity contribution is -0.895. The first-order chi connectivity index (χ1) is 10.5. The van der Waals surface area contributed by atoms with Crippen LogP contribution in [-0.4, -0.2) is 49.4 Å². The molecule has 22 heavy (non-hydrogen) atoms. The molecular formula is C17H26N3O2+. The van der Waals surface area contributed by atoms with Crippen molar-refractivity contribution < 1.29 is 14.5 Å². The minimum Gasteiger partial charge on any atom is -0.331 e. The molecule has 0 atom stereocenters. The summed E-state index contributed by atoms with van der Waals surface area (Å²) < 4.78 is 0. The molecule has 2 rings (SSSR count).